The number of hydrogen-bond donors (Lipinski definition) is 2. The number of nitrogens with one attached hydrogen (secondary N) is 1. The zero-order valence-electron chi connectivity index (χ0n) is 14.0. The van der Waals surface area contributed by atoms with Gasteiger partial charge in [-0.25, -0.2) is 4.79 Å². The number of phenolic OH excluding ortho intramolecular Hbond substituents is 1. The molecule has 2 fully saturated rings. The van der Waals surface area contributed by atoms with Crippen LogP contribution >= 0.6 is 22.6 Å². The van der Waals surface area contributed by atoms with Gasteiger partial charge in [0.05, 0.1) is 10.2 Å². The lowest BCUT2D eigenvalue weighted by molar-refractivity contribution is -0.124. The minimum Gasteiger partial charge on any atom is -0.504 e. The van der Waals surface area contributed by atoms with E-state index in [0.29, 0.717) is 21.5 Å². The Morgan fingerprint density at radius 3 is 2.72 bits per heavy atom. The summed E-state index contributed by atoms with van der Waals surface area (Å²) >= 11 is 2.01. The fraction of sp³-hybridized carbons (Fsp3) is 0.444. The summed E-state index contributed by atoms with van der Waals surface area (Å²) in [5, 5.41) is 12.7. The summed E-state index contributed by atoms with van der Waals surface area (Å²) in [7, 11) is 0. The van der Waals surface area contributed by atoms with E-state index in [1.807, 2.05) is 29.5 Å². The molecule has 0 atom stereocenters. The SMILES string of the molecule is CCOc1cc(/C=C2\NC(=O)N(C3CCCCC3)C2=O)cc(I)c1O. The van der Waals surface area contributed by atoms with Gasteiger partial charge in [-0.05, 0) is 66.1 Å². The zero-order valence-corrected chi connectivity index (χ0v) is 16.2. The van der Waals surface area contributed by atoms with Crippen molar-refractivity contribution in [1.29, 1.82) is 0 Å². The first-order chi connectivity index (χ1) is 12.0. The Balaban J connectivity index is 1.86. The standard InChI is InChI=1S/C18H21IN2O4/c1-2-25-15-10-11(8-13(19)16(15)22)9-14-17(23)21(18(24)20-14)12-6-4-3-5-7-12/h8-10,12,22H,2-7H2,1H3,(H,20,24)/b14-9-. The van der Waals surface area contributed by atoms with Gasteiger partial charge in [-0.1, -0.05) is 19.3 Å². The Hall–Kier alpha value is -1.77. The molecule has 1 aromatic rings. The second-order valence-corrected chi connectivity index (χ2v) is 7.40. The van der Waals surface area contributed by atoms with Crippen LogP contribution < -0.4 is 10.1 Å². The summed E-state index contributed by atoms with van der Waals surface area (Å²) in [6, 6.07) is 3.05. The molecular formula is C18H21IN2O4. The van der Waals surface area contributed by atoms with Crippen LogP contribution in [0.25, 0.3) is 6.08 Å². The van der Waals surface area contributed by atoms with E-state index in [4.69, 9.17) is 4.74 Å². The van der Waals surface area contributed by atoms with Gasteiger partial charge in [0.15, 0.2) is 11.5 Å². The van der Waals surface area contributed by atoms with Crippen molar-refractivity contribution < 1.29 is 19.4 Å². The molecule has 134 valence electrons. The largest absolute Gasteiger partial charge is 0.504 e. The van der Waals surface area contributed by atoms with E-state index in [2.05, 4.69) is 5.32 Å². The lowest BCUT2D eigenvalue weighted by atomic mass is 9.94. The number of nitrogens with zero attached hydrogens (tertiary/aromatic N) is 1. The molecular weight excluding hydrogens is 435 g/mol. The van der Waals surface area contributed by atoms with Crippen molar-refractivity contribution >= 4 is 40.6 Å². The van der Waals surface area contributed by atoms with Gasteiger partial charge in [-0.15, -0.1) is 0 Å². The van der Waals surface area contributed by atoms with Crippen LogP contribution in [0, 0.1) is 3.57 Å². The molecule has 2 N–H and O–H groups in total. The average molecular weight is 456 g/mol. The number of urea groups is 1. The maximum atomic E-state index is 12.7. The van der Waals surface area contributed by atoms with E-state index >= 15 is 0 Å². The van der Waals surface area contributed by atoms with Gasteiger partial charge < -0.3 is 15.2 Å². The molecule has 0 aromatic heterocycles. The van der Waals surface area contributed by atoms with E-state index in [0.717, 1.165) is 32.1 Å². The third-order valence-electron chi connectivity index (χ3n) is 4.51. The predicted molar refractivity (Wildman–Crippen MR) is 102 cm³/mol. The summed E-state index contributed by atoms with van der Waals surface area (Å²) in [5.74, 6) is 0.162. The topological polar surface area (TPSA) is 78.9 Å². The van der Waals surface area contributed by atoms with Crippen molar-refractivity contribution in [2.45, 2.75) is 45.1 Å². The normalized spacial score (nSPS) is 20.2. The van der Waals surface area contributed by atoms with Crippen molar-refractivity contribution in [2.24, 2.45) is 0 Å². The number of rotatable bonds is 4. The van der Waals surface area contributed by atoms with E-state index in [-0.39, 0.29) is 29.4 Å². The zero-order chi connectivity index (χ0) is 18.0. The number of benzene rings is 1. The number of hydrogen-bond acceptors (Lipinski definition) is 4. The van der Waals surface area contributed by atoms with Gasteiger partial charge >= 0.3 is 6.03 Å². The molecule has 7 heteroatoms. The summed E-state index contributed by atoms with van der Waals surface area (Å²) < 4.78 is 6.04. The minimum atomic E-state index is -0.346. The first-order valence-corrected chi connectivity index (χ1v) is 9.60. The van der Waals surface area contributed by atoms with E-state index in [9.17, 15) is 14.7 Å². The average Bonchev–Trinajstić information content (AvgIpc) is 2.87. The van der Waals surface area contributed by atoms with Crippen LogP contribution in [0.3, 0.4) is 0 Å². The van der Waals surface area contributed by atoms with Crippen LogP contribution in [-0.4, -0.2) is 34.6 Å². The van der Waals surface area contributed by atoms with Crippen LogP contribution in [0.4, 0.5) is 4.79 Å². The third kappa shape index (κ3) is 3.75. The smallest absolute Gasteiger partial charge is 0.329 e. The molecule has 6 nitrogen and oxygen atoms in total. The fourth-order valence-corrected chi connectivity index (χ4v) is 3.95. The highest BCUT2D eigenvalue weighted by Crippen LogP contribution is 2.34. The monoisotopic (exact) mass is 456 g/mol. The van der Waals surface area contributed by atoms with Crippen molar-refractivity contribution in [3.05, 3.63) is 27.0 Å². The first kappa shape index (κ1) is 18.0. The Kier molecular flexibility index (Phi) is 5.51. The summed E-state index contributed by atoms with van der Waals surface area (Å²) in [5.41, 5.74) is 0.958. The van der Waals surface area contributed by atoms with Gasteiger partial charge in [0.2, 0.25) is 0 Å². The predicted octanol–water partition coefficient (Wildman–Crippen LogP) is 3.62. The molecule has 0 radical (unpaired) electrons. The maximum Gasteiger partial charge on any atom is 0.329 e. The van der Waals surface area contributed by atoms with Gasteiger partial charge in [0.1, 0.15) is 5.70 Å². The molecule has 1 aromatic carbocycles. The summed E-state index contributed by atoms with van der Waals surface area (Å²) in [4.78, 5) is 26.3. The van der Waals surface area contributed by atoms with Gasteiger partial charge in [0, 0.05) is 6.04 Å². The number of phenols is 1. The van der Waals surface area contributed by atoms with Crippen molar-refractivity contribution in [3.63, 3.8) is 0 Å². The molecule has 25 heavy (non-hydrogen) atoms. The van der Waals surface area contributed by atoms with E-state index in [1.54, 1.807) is 18.2 Å². The minimum absolute atomic E-state index is 0.00825. The van der Waals surface area contributed by atoms with Gasteiger partial charge in [-0.3, -0.25) is 9.69 Å². The molecule has 0 unspecified atom stereocenters. The summed E-state index contributed by atoms with van der Waals surface area (Å²) in [6.07, 6.45) is 6.64. The number of amides is 3. The number of halogens is 1. The Bertz CT molecular complexity index is 726. The molecule has 1 aliphatic carbocycles. The third-order valence-corrected chi connectivity index (χ3v) is 5.33. The molecule has 3 rings (SSSR count). The maximum absolute atomic E-state index is 12.7. The highest BCUT2D eigenvalue weighted by Gasteiger charge is 2.38. The van der Waals surface area contributed by atoms with Crippen molar-refractivity contribution in [3.8, 4) is 11.5 Å². The van der Waals surface area contributed by atoms with Crippen molar-refractivity contribution in [1.82, 2.24) is 10.2 Å². The van der Waals surface area contributed by atoms with Crippen LogP contribution in [-0.2, 0) is 4.79 Å². The van der Waals surface area contributed by atoms with Gasteiger partial charge in [0.25, 0.3) is 5.91 Å². The van der Waals surface area contributed by atoms with Crippen LogP contribution in [0.5, 0.6) is 11.5 Å². The fourth-order valence-electron chi connectivity index (χ4n) is 3.33. The molecule has 1 heterocycles. The number of carbonyl (C=O) groups is 2. The second kappa shape index (κ2) is 7.63. The lowest BCUT2D eigenvalue weighted by Gasteiger charge is -2.28. The van der Waals surface area contributed by atoms with E-state index < -0.39 is 0 Å². The quantitative estimate of drug-likeness (QED) is 0.412. The van der Waals surface area contributed by atoms with Gasteiger partial charge in [-0.2, -0.15) is 0 Å². The lowest BCUT2D eigenvalue weighted by Crippen LogP contribution is -2.41. The second-order valence-electron chi connectivity index (χ2n) is 6.24. The summed E-state index contributed by atoms with van der Waals surface area (Å²) in [6.45, 7) is 2.26. The molecule has 2 aliphatic rings. The van der Waals surface area contributed by atoms with Crippen LogP contribution in [0.2, 0.25) is 0 Å². The molecule has 0 spiro atoms. The van der Waals surface area contributed by atoms with Crippen molar-refractivity contribution in [2.75, 3.05) is 6.61 Å². The molecule has 1 saturated heterocycles. The number of ether oxygens (including phenoxy) is 1. The number of imide groups is 1. The molecule has 1 aliphatic heterocycles. The highest BCUT2D eigenvalue weighted by molar-refractivity contribution is 14.1. The molecule has 1 saturated carbocycles. The van der Waals surface area contributed by atoms with E-state index in [1.165, 1.54) is 4.90 Å². The highest BCUT2D eigenvalue weighted by atomic mass is 127. The Morgan fingerprint density at radius 2 is 2.04 bits per heavy atom. The Labute approximate surface area is 160 Å². The number of carbonyl (C=O) groups excluding carboxylic acids is 2. The molecule has 0 bridgehead atoms. The van der Waals surface area contributed by atoms with Crippen LogP contribution in [0.15, 0.2) is 17.8 Å². The molecule has 3 amide bonds. The van der Waals surface area contributed by atoms with Crippen LogP contribution in [0.1, 0.15) is 44.6 Å². The first-order valence-electron chi connectivity index (χ1n) is 8.52. The number of aromatic hydroxyl groups is 1. The Morgan fingerprint density at radius 1 is 1.32 bits per heavy atom.